The maximum absolute atomic E-state index is 12.7. The maximum atomic E-state index is 12.7. The van der Waals surface area contributed by atoms with E-state index in [4.69, 9.17) is 5.11 Å². The number of carboxylic acids is 1. The third-order valence-electron chi connectivity index (χ3n) is 4.47. The van der Waals surface area contributed by atoms with Gasteiger partial charge in [-0.3, -0.25) is 19.4 Å². The molecule has 0 radical (unpaired) electrons. The van der Waals surface area contributed by atoms with Gasteiger partial charge in [0.15, 0.2) is 0 Å². The fourth-order valence-electron chi connectivity index (χ4n) is 2.82. The Morgan fingerprint density at radius 2 is 2.17 bits per heavy atom. The number of rotatable bonds is 7. The van der Waals surface area contributed by atoms with Crippen LogP contribution in [0.3, 0.4) is 0 Å². The van der Waals surface area contributed by atoms with Gasteiger partial charge in [0.25, 0.3) is 5.91 Å². The number of amides is 2. The monoisotopic (exact) mass is 323 g/mol. The number of carbonyl (C=O) groups excluding carboxylic acids is 2. The Balaban J connectivity index is 1.98. The molecule has 1 aliphatic heterocycles. The quantitative estimate of drug-likeness (QED) is 0.598. The van der Waals surface area contributed by atoms with Gasteiger partial charge in [-0.1, -0.05) is 13.0 Å². The first-order chi connectivity index (χ1) is 10.9. The van der Waals surface area contributed by atoms with Crippen LogP contribution >= 0.6 is 0 Å². The number of aliphatic carboxylic acids is 1. The predicted molar refractivity (Wildman–Crippen MR) is 84.1 cm³/mol. The summed E-state index contributed by atoms with van der Waals surface area (Å²) >= 11 is 0. The summed E-state index contributed by atoms with van der Waals surface area (Å²) in [6, 6.07) is -1.40. The molecule has 0 aromatic heterocycles. The van der Waals surface area contributed by atoms with E-state index < -0.39 is 18.1 Å². The second-order valence-corrected chi connectivity index (χ2v) is 6.40. The van der Waals surface area contributed by atoms with E-state index in [2.05, 4.69) is 17.3 Å². The molecule has 0 bridgehead atoms. The Morgan fingerprint density at radius 3 is 2.74 bits per heavy atom. The van der Waals surface area contributed by atoms with E-state index in [1.807, 2.05) is 6.92 Å². The predicted octanol–water partition coefficient (Wildman–Crippen LogP) is 0.674. The molecule has 4 atom stereocenters. The van der Waals surface area contributed by atoms with Crippen molar-refractivity contribution in [2.24, 2.45) is 11.8 Å². The van der Waals surface area contributed by atoms with Crippen molar-refractivity contribution in [2.75, 3.05) is 6.54 Å². The van der Waals surface area contributed by atoms with Crippen molar-refractivity contribution in [2.45, 2.75) is 51.1 Å². The van der Waals surface area contributed by atoms with Gasteiger partial charge in [-0.25, -0.2) is 5.43 Å². The van der Waals surface area contributed by atoms with Crippen LogP contribution in [-0.2, 0) is 14.4 Å². The first kappa shape index (κ1) is 17.5. The zero-order valence-electron chi connectivity index (χ0n) is 13.5. The molecule has 128 valence electrons. The summed E-state index contributed by atoms with van der Waals surface area (Å²) in [7, 11) is 0. The van der Waals surface area contributed by atoms with Crippen LogP contribution in [0, 0.1) is 11.8 Å². The molecule has 2 aliphatic rings. The standard InChI is InChI=1S/C16H25N3O4/c1-3-4-6-12(17-14(20)11-9-10(11)2)15(21)19-8-5-7-13(18-19)16(22)23/h3,10-13,18H,1,4-9H2,2H3,(H,17,20)(H,22,23)/t10-,11-,12?,13-/m0/s1. The Kier molecular flexibility index (Phi) is 5.76. The van der Waals surface area contributed by atoms with Crippen molar-refractivity contribution in [3.63, 3.8) is 0 Å². The number of carbonyl (C=O) groups is 3. The molecule has 0 aromatic rings. The number of carboxylic acid groups (broad SMARTS) is 1. The number of hydrazine groups is 1. The minimum absolute atomic E-state index is 0.00452. The largest absolute Gasteiger partial charge is 0.480 e. The van der Waals surface area contributed by atoms with Gasteiger partial charge in [0.1, 0.15) is 12.1 Å². The van der Waals surface area contributed by atoms with Crippen molar-refractivity contribution in [1.82, 2.24) is 15.8 Å². The van der Waals surface area contributed by atoms with Crippen molar-refractivity contribution in [1.29, 1.82) is 0 Å². The van der Waals surface area contributed by atoms with Crippen LogP contribution in [0.25, 0.3) is 0 Å². The van der Waals surface area contributed by atoms with E-state index in [1.165, 1.54) is 5.01 Å². The lowest BCUT2D eigenvalue weighted by Gasteiger charge is -2.34. The molecule has 1 unspecified atom stereocenters. The maximum Gasteiger partial charge on any atom is 0.322 e. The minimum Gasteiger partial charge on any atom is -0.480 e. The highest BCUT2D eigenvalue weighted by Crippen LogP contribution is 2.37. The molecule has 2 fully saturated rings. The first-order valence-electron chi connectivity index (χ1n) is 8.15. The normalized spacial score (nSPS) is 27.9. The number of allylic oxidation sites excluding steroid dienone is 1. The van der Waals surface area contributed by atoms with Gasteiger partial charge in [-0.2, -0.15) is 0 Å². The second kappa shape index (κ2) is 7.59. The van der Waals surface area contributed by atoms with Crippen LogP contribution in [0.4, 0.5) is 0 Å². The summed E-state index contributed by atoms with van der Waals surface area (Å²) in [4.78, 5) is 35.9. The zero-order valence-corrected chi connectivity index (χ0v) is 13.5. The average Bonchev–Trinajstić information content (AvgIpc) is 3.27. The van der Waals surface area contributed by atoms with Gasteiger partial charge in [0, 0.05) is 12.5 Å². The van der Waals surface area contributed by atoms with Gasteiger partial charge in [-0.05, 0) is 38.0 Å². The van der Waals surface area contributed by atoms with E-state index in [1.54, 1.807) is 6.08 Å². The molecule has 0 spiro atoms. The Bertz CT molecular complexity index is 494. The summed E-state index contributed by atoms with van der Waals surface area (Å²) in [6.45, 7) is 6.10. The molecule has 1 saturated heterocycles. The van der Waals surface area contributed by atoms with Crippen LogP contribution in [0.5, 0.6) is 0 Å². The Labute approximate surface area is 136 Å². The highest BCUT2D eigenvalue weighted by molar-refractivity contribution is 5.89. The molecule has 3 N–H and O–H groups in total. The number of nitrogens with one attached hydrogen (secondary N) is 2. The van der Waals surface area contributed by atoms with Crippen LogP contribution in [0.1, 0.15) is 39.0 Å². The van der Waals surface area contributed by atoms with E-state index in [0.717, 1.165) is 6.42 Å². The summed E-state index contributed by atoms with van der Waals surface area (Å²) in [5.41, 5.74) is 2.74. The molecule has 1 saturated carbocycles. The van der Waals surface area contributed by atoms with E-state index in [0.29, 0.717) is 38.1 Å². The molecule has 0 aromatic carbocycles. The van der Waals surface area contributed by atoms with Gasteiger partial charge >= 0.3 is 5.97 Å². The number of hydrogen-bond donors (Lipinski definition) is 3. The van der Waals surface area contributed by atoms with Crippen LogP contribution in [-0.4, -0.2) is 46.5 Å². The van der Waals surface area contributed by atoms with Gasteiger partial charge in [0.05, 0.1) is 0 Å². The van der Waals surface area contributed by atoms with Crippen molar-refractivity contribution < 1.29 is 19.5 Å². The lowest BCUT2D eigenvalue weighted by molar-refractivity contribution is -0.148. The topological polar surface area (TPSA) is 98.7 Å². The van der Waals surface area contributed by atoms with Gasteiger partial charge in [-0.15, -0.1) is 6.58 Å². The first-order valence-corrected chi connectivity index (χ1v) is 8.15. The molecule has 7 nitrogen and oxygen atoms in total. The van der Waals surface area contributed by atoms with Crippen molar-refractivity contribution in [3.05, 3.63) is 12.7 Å². The summed E-state index contributed by atoms with van der Waals surface area (Å²) in [6.07, 6.45) is 4.74. The van der Waals surface area contributed by atoms with Gasteiger partial charge < -0.3 is 10.4 Å². The molecular formula is C16H25N3O4. The van der Waals surface area contributed by atoms with E-state index >= 15 is 0 Å². The Morgan fingerprint density at radius 1 is 1.48 bits per heavy atom. The third-order valence-corrected chi connectivity index (χ3v) is 4.47. The molecule has 2 rings (SSSR count). The summed E-state index contributed by atoms with van der Waals surface area (Å²) < 4.78 is 0. The molecule has 23 heavy (non-hydrogen) atoms. The summed E-state index contributed by atoms with van der Waals surface area (Å²) in [5, 5.41) is 13.2. The summed E-state index contributed by atoms with van der Waals surface area (Å²) in [5.74, 6) is -0.975. The fourth-order valence-corrected chi connectivity index (χ4v) is 2.82. The lowest BCUT2D eigenvalue weighted by atomic mass is 10.1. The minimum atomic E-state index is -0.971. The van der Waals surface area contributed by atoms with Crippen LogP contribution in [0.2, 0.25) is 0 Å². The van der Waals surface area contributed by atoms with E-state index in [9.17, 15) is 14.4 Å². The van der Waals surface area contributed by atoms with Crippen LogP contribution in [0.15, 0.2) is 12.7 Å². The molecular weight excluding hydrogens is 298 g/mol. The van der Waals surface area contributed by atoms with Crippen LogP contribution < -0.4 is 10.7 Å². The molecule has 1 heterocycles. The molecule has 1 aliphatic carbocycles. The fraction of sp³-hybridized carbons (Fsp3) is 0.688. The van der Waals surface area contributed by atoms with Gasteiger partial charge in [0.2, 0.25) is 5.91 Å². The van der Waals surface area contributed by atoms with E-state index in [-0.39, 0.29) is 17.7 Å². The molecule has 2 amide bonds. The second-order valence-electron chi connectivity index (χ2n) is 6.40. The molecule has 7 heteroatoms. The van der Waals surface area contributed by atoms with Crippen molar-refractivity contribution >= 4 is 17.8 Å². The van der Waals surface area contributed by atoms with Crippen molar-refractivity contribution in [3.8, 4) is 0 Å². The lowest BCUT2D eigenvalue weighted by Crippen LogP contribution is -2.59. The highest BCUT2D eigenvalue weighted by Gasteiger charge is 2.41. The average molecular weight is 323 g/mol. The number of hydrogen-bond acceptors (Lipinski definition) is 4. The Hall–Kier alpha value is -1.89. The zero-order chi connectivity index (χ0) is 17.0. The highest BCUT2D eigenvalue weighted by atomic mass is 16.4. The third kappa shape index (κ3) is 4.54. The number of nitrogens with zero attached hydrogens (tertiary/aromatic N) is 1. The SMILES string of the molecule is C=CCCC(NC(=O)[C@H]1C[C@@H]1C)C(=O)N1CCC[C@@H](C(=O)O)N1. The smallest absolute Gasteiger partial charge is 0.322 e.